The van der Waals surface area contributed by atoms with Crippen LogP contribution in [-0.2, 0) is 0 Å². The van der Waals surface area contributed by atoms with Crippen LogP contribution in [0.2, 0.25) is 0 Å². The van der Waals surface area contributed by atoms with Crippen molar-refractivity contribution in [2.24, 2.45) is 4.99 Å². The summed E-state index contributed by atoms with van der Waals surface area (Å²) in [6, 6.07) is 8.56. The van der Waals surface area contributed by atoms with Gasteiger partial charge in [-0.05, 0) is 44.7 Å². The van der Waals surface area contributed by atoms with Gasteiger partial charge in [-0.2, -0.15) is 0 Å². The Morgan fingerprint density at radius 1 is 1.32 bits per heavy atom. The van der Waals surface area contributed by atoms with Gasteiger partial charge in [-0.25, -0.2) is 0 Å². The van der Waals surface area contributed by atoms with Crippen molar-refractivity contribution in [2.75, 3.05) is 13.1 Å². The van der Waals surface area contributed by atoms with Gasteiger partial charge in [-0.1, -0.05) is 37.1 Å². The van der Waals surface area contributed by atoms with Gasteiger partial charge in [0.25, 0.3) is 0 Å². The zero-order valence-corrected chi connectivity index (χ0v) is 14.0. The Morgan fingerprint density at radius 3 is 2.64 bits per heavy atom. The third kappa shape index (κ3) is 4.47. The van der Waals surface area contributed by atoms with Crippen LogP contribution in [0.15, 0.2) is 29.3 Å². The van der Waals surface area contributed by atoms with E-state index in [1.165, 1.54) is 11.1 Å². The predicted octanol–water partition coefficient (Wildman–Crippen LogP) is 2.92. The van der Waals surface area contributed by atoms with Crippen LogP contribution in [0.5, 0.6) is 0 Å². The van der Waals surface area contributed by atoms with E-state index in [0.29, 0.717) is 6.54 Å². The maximum Gasteiger partial charge on any atom is 0.191 e. The fraction of sp³-hybridized carbons (Fsp3) is 0.611. The molecule has 0 spiro atoms. The number of nitrogens with one attached hydrogen (secondary N) is 2. The smallest absolute Gasteiger partial charge is 0.191 e. The van der Waals surface area contributed by atoms with E-state index in [-0.39, 0.29) is 6.04 Å². The lowest BCUT2D eigenvalue weighted by Gasteiger charge is -2.23. The van der Waals surface area contributed by atoms with Crippen molar-refractivity contribution in [3.05, 3.63) is 35.4 Å². The molecule has 0 radical (unpaired) electrons. The molecule has 1 aliphatic carbocycles. The van der Waals surface area contributed by atoms with Gasteiger partial charge in [-0.3, -0.25) is 4.99 Å². The Morgan fingerprint density at radius 2 is 2.00 bits per heavy atom. The molecule has 0 saturated heterocycles. The van der Waals surface area contributed by atoms with Crippen LogP contribution in [0.25, 0.3) is 0 Å². The summed E-state index contributed by atoms with van der Waals surface area (Å²) in [6.45, 7) is 7.60. The molecule has 1 aromatic carbocycles. The first-order valence-electron chi connectivity index (χ1n) is 8.37. The molecule has 1 fully saturated rings. The van der Waals surface area contributed by atoms with Crippen LogP contribution in [0.1, 0.15) is 56.7 Å². The van der Waals surface area contributed by atoms with Gasteiger partial charge in [-0.15, -0.1) is 0 Å². The van der Waals surface area contributed by atoms with Gasteiger partial charge in [0.1, 0.15) is 0 Å². The highest BCUT2D eigenvalue weighted by molar-refractivity contribution is 5.80. The maximum absolute atomic E-state index is 10.4. The molecule has 4 heteroatoms. The predicted molar refractivity (Wildman–Crippen MR) is 92.1 cm³/mol. The van der Waals surface area contributed by atoms with Gasteiger partial charge < -0.3 is 15.7 Å². The monoisotopic (exact) mass is 303 g/mol. The number of nitrogens with zero attached hydrogens (tertiary/aromatic N) is 1. The number of hydrogen-bond donors (Lipinski definition) is 3. The molecular formula is C18H29N3O. The molecule has 0 bridgehead atoms. The van der Waals surface area contributed by atoms with Crippen molar-refractivity contribution >= 4 is 5.96 Å². The molecule has 2 rings (SSSR count). The molecule has 0 heterocycles. The fourth-order valence-corrected chi connectivity index (χ4v) is 3.09. The van der Waals surface area contributed by atoms with Gasteiger partial charge in [0.05, 0.1) is 18.2 Å². The SMILES string of the molecule is CCNC(=NCC1(O)CCCC1)NC(C)c1ccccc1C. The summed E-state index contributed by atoms with van der Waals surface area (Å²) in [5.74, 6) is 0.776. The van der Waals surface area contributed by atoms with Crippen LogP contribution in [0.4, 0.5) is 0 Å². The lowest BCUT2D eigenvalue weighted by atomic mass is 10.0. The zero-order valence-electron chi connectivity index (χ0n) is 14.0. The van der Waals surface area contributed by atoms with Gasteiger partial charge in [0.2, 0.25) is 0 Å². The fourth-order valence-electron chi connectivity index (χ4n) is 3.09. The van der Waals surface area contributed by atoms with Crippen molar-refractivity contribution in [3.63, 3.8) is 0 Å². The first kappa shape index (κ1) is 16.8. The number of aliphatic imine (C=N–C) groups is 1. The average Bonchev–Trinajstić information content (AvgIpc) is 2.93. The third-order valence-corrected chi connectivity index (χ3v) is 4.42. The van der Waals surface area contributed by atoms with E-state index in [1.54, 1.807) is 0 Å². The topological polar surface area (TPSA) is 56.7 Å². The van der Waals surface area contributed by atoms with Crippen LogP contribution in [-0.4, -0.2) is 29.8 Å². The van der Waals surface area contributed by atoms with E-state index in [4.69, 9.17) is 0 Å². The molecule has 22 heavy (non-hydrogen) atoms. The quantitative estimate of drug-likeness (QED) is 0.579. The summed E-state index contributed by atoms with van der Waals surface area (Å²) in [7, 11) is 0. The van der Waals surface area contributed by atoms with Crippen LogP contribution < -0.4 is 10.6 Å². The molecule has 1 unspecified atom stereocenters. The molecule has 1 atom stereocenters. The van der Waals surface area contributed by atoms with E-state index in [2.05, 4.69) is 60.7 Å². The number of hydrogen-bond acceptors (Lipinski definition) is 2. The lowest BCUT2D eigenvalue weighted by Crippen LogP contribution is -2.40. The van der Waals surface area contributed by atoms with Crippen molar-refractivity contribution in [3.8, 4) is 0 Å². The Labute approximate surface area is 134 Å². The molecule has 0 aliphatic heterocycles. The maximum atomic E-state index is 10.4. The van der Waals surface area contributed by atoms with E-state index in [9.17, 15) is 5.11 Å². The summed E-state index contributed by atoms with van der Waals surface area (Å²) in [4.78, 5) is 4.61. The van der Waals surface area contributed by atoms with Crippen molar-refractivity contribution in [1.29, 1.82) is 0 Å². The molecule has 3 N–H and O–H groups in total. The van der Waals surface area contributed by atoms with Crippen molar-refractivity contribution < 1.29 is 5.11 Å². The van der Waals surface area contributed by atoms with E-state index >= 15 is 0 Å². The lowest BCUT2D eigenvalue weighted by molar-refractivity contribution is 0.0574. The minimum Gasteiger partial charge on any atom is -0.388 e. The van der Waals surface area contributed by atoms with E-state index < -0.39 is 5.60 Å². The number of aryl methyl sites for hydroxylation is 1. The Bertz CT molecular complexity index is 507. The second-order valence-electron chi connectivity index (χ2n) is 6.35. The molecule has 0 amide bonds. The minimum absolute atomic E-state index is 0.178. The molecular weight excluding hydrogens is 274 g/mol. The largest absolute Gasteiger partial charge is 0.388 e. The Hall–Kier alpha value is -1.55. The molecule has 122 valence electrons. The normalized spacial score (nSPS) is 19.0. The van der Waals surface area contributed by atoms with Crippen molar-refractivity contribution in [2.45, 2.75) is 58.1 Å². The Balaban J connectivity index is 2.03. The number of rotatable bonds is 5. The van der Waals surface area contributed by atoms with E-state index in [0.717, 1.165) is 38.2 Å². The second kappa shape index (κ2) is 7.63. The minimum atomic E-state index is -0.603. The van der Waals surface area contributed by atoms with Gasteiger partial charge in [0, 0.05) is 6.54 Å². The third-order valence-electron chi connectivity index (χ3n) is 4.42. The number of benzene rings is 1. The second-order valence-corrected chi connectivity index (χ2v) is 6.35. The van der Waals surface area contributed by atoms with Crippen molar-refractivity contribution in [1.82, 2.24) is 10.6 Å². The molecule has 1 saturated carbocycles. The highest BCUT2D eigenvalue weighted by Gasteiger charge is 2.30. The zero-order chi connectivity index (χ0) is 16.0. The number of aliphatic hydroxyl groups is 1. The summed E-state index contributed by atoms with van der Waals surface area (Å²) in [6.07, 6.45) is 3.94. The highest BCUT2D eigenvalue weighted by Crippen LogP contribution is 2.29. The van der Waals surface area contributed by atoms with Gasteiger partial charge in [0.15, 0.2) is 5.96 Å². The highest BCUT2D eigenvalue weighted by atomic mass is 16.3. The Kier molecular flexibility index (Phi) is 5.83. The number of guanidine groups is 1. The standard InChI is InChI=1S/C18H29N3O/c1-4-19-17(20-13-18(22)11-7-8-12-18)21-15(3)16-10-6-5-9-14(16)2/h5-6,9-10,15,22H,4,7-8,11-13H2,1-3H3,(H2,19,20,21). The average molecular weight is 303 g/mol. The van der Waals surface area contributed by atoms with E-state index in [1.807, 2.05) is 0 Å². The van der Waals surface area contributed by atoms with Crippen LogP contribution in [0, 0.1) is 6.92 Å². The van der Waals surface area contributed by atoms with Crippen LogP contribution >= 0.6 is 0 Å². The first-order valence-corrected chi connectivity index (χ1v) is 8.37. The van der Waals surface area contributed by atoms with Gasteiger partial charge >= 0.3 is 0 Å². The summed E-state index contributed by atoms with van der Waals surface area (Å²) in [5, 5.41) is 17.2. The summed E-state index contributed by atoms with van der Waals surface area (Å²) >= 11 is 0. The van der Waals surface area contributed by atoms with Crippen LogP contribution in [0.3, 0.4) is 0 Å². The summed E-state index contributed by atoms with van der Waals surface area (Å²) < 4.78 is 0. The summed E-state index contributed by atoms with van der Waals surface area (Å²) in [5.41, 5.74) is 1.94. The molecule has 0 aromatic heterocycles. The molecule has 4 nitrogen and oxygen atoms in total. The molecule has 1 aliphatic rings. The molecule has 1 aromatic rings. The first-order chi connectivity index (χ1) is 10.5.